The summed E-state index contributed by atoms with van der Waals surface area (Å²) in [6.45, 7) is 4.06. The molecule has 1 saturated heterocycles. The zero-order valence-electron chi connectivity index (χ0n) is 20.9. The van der Waals surface area contributed by atoms with Gasteiger partial charge in [0.2, 0.25) is 0 Å². The van der Waals surface area contributed by atoms with Crippen LogP contribution in [-0.4, -0.2) is 77.3 Å². The molecule has 11 nitrogen and oxygen atoms in total. The molecule has 5 heterocycles. The van der Waals surface area contributed by atoms with Crippen molar-refractivity contribution in [3.05, 3.63) is 53.4 Å². The number of nitrogens with zero attached hydrogens (tertiary/aromatic N) is 6. The number of anilines is 2. The second-order valence-electron chi connectivity index (χ2n) is 9.13. The number of piperazine rings is 1. The van der Waals surface area contributed by atoms with E-state index >= 15 is 0 Å². The zero-order chi connectivity index (χ0) is 26.4. The predicted molar refractivity (Wildman–Crippen MR) is 146 cm³/mol. The first kappa shape index (κ1) is 24.0. The number of H-pyrrole nitrogens is 1. The molecular weight excluding hydrogens is 508 g/mol. The summed E-state index contributed by atoms with van der Waals surface area (Å²) in [6, 6.07) is 9.76. The van der Waals surface area contributed by atoms with Crippen molar-refractivity contribution >= 4 is 62.4 Å². The summed E-state index contributed by atoms with van der Waals surface area (Å²) in [5.41, 5.74) is 3.95. The first-order chi connectivity index (χ1) is 18.4. The molecule has 3 aromatic heterocycles. The fraction of sp³-hybridized carbons (Fsp3) is 0.269. The van der Waals surface area contributed by atoms with E-state index in [1.165, 1.54) is 7.11 Å². The lowest BCUT2D eigenvalue weighted by Gasteiger charge is -2.35. The number of ether oxygens (including phenoxy) is 1. The van der Waals surface area contributed by atoms with Gasteiger partial charge < -0.3 is 19.5 Å². The molecule has 0 unspecified atom stereocenters. The minimum absolute atomic E-state index is 0.243. The number of amides is 1. The Morgan fingerprint density at radius 2 is 1.89 bits per heavy atom. The topological polar surface area (TPSA) is 119 Å². The number of carbonyl (C=O) groups is 2. The largest absolute Gasteiger partial charge is 0.494 e. The van der Waals surface area contributed by atoms with Crippen LogP contribution in [0.4, 0.5) is 11.6 Å². The maximum atomic E-state index is 13.5. The number of nitrogens with one attached hydrogen (secondary N) is 2. The van der Waals surface area contributed by atoms with Gasteiger partial charge in [-0.25, -0.2) is 20.0 Å². The van der Waals surface area contributed by atoms with Gasteiger partial charge in [0.15, 0.2) is 5.82 Å². The number of aliphatic imine (C=N–C) groups is 1. The first-order valence-corrected chi connectivity index (χ1v) is 12.6. The number of aromatic nitrogens is 3. The zero-order valence-corrected chi connectivity index (χ0v) is 21.6. The minimum atomic E-state index is -0.603. The lowest BCUT2D eigenvalue weighted by atomic mass is 10.1. The van der Waals surface area contributed by atoms with Gasteiger partial charge in [-0.2, -0.15) is 0 Å². The molecule has 1 aromatic carbocycles. The number of pyridine rings is 2. The second-order valence-corrected chi connectivity index (χ2v) is 9.51. The van der Waals surface area contributed by atoms with Crippen LogP contribution in [-0.2, 0) is 4.79 Å². The van der Waals surface area contributed by atoms with E-state index in [0.29, 0.717) is 60.5 Å². The number of aromatic amines is 1. The van der Waals surface area contributed by atoms with E-state index in [1.807, 2.05) is 37.3 Å². The number of rotatable bonds is 5. The van der Waals surface area contributed by atoms with Crippen molar-refractivity contribution in [2.24, 2.45) is 4.99 Å². The van der Waals surface area contributed by atoms with E-state index in [9.17, 15) is 9.59 Å². The molecule has 2 N–H and O–H groups in total. The van der Waals surface area contributed by atoms with E-state index in [4.69, 9.17) is 16.3 Å². The highest BCUT2D eigenvalue weighted by Crippen LogP contribution is 2.34. The number of halogens is 1. The number of hydrogen-bond acceptors (Lipinski definition) is 9. The highest BCUT2D eigenvalue weighted by Gasteiger charge is 2.31. The number of ketones is 1. The van der Waals surface area contributed by atoms with Gasteiger partial charge in [0, 0.05) is 37.8 Å². The number of amidine groups is 1. The van der Waals surface area contributed by atoms with Gasteiger partial charge in [0.05, 0.1) is 29.8 Å². The van der Waals surface area contributed by atoms with E-state index in [2.05, 4.69) is 30.3 Å². The molecule has 194 valence electrons. The SMILES string of the molecule is COc1cnc(N2CN=C(C)N2)c2[nH]cc(C(=O)C(=O)N3CCN(c4nc(Cl)cc5ccccc45)CC3)c12. The van der Waals surface area contributed by atoms with Crippen molar-refractivity contribution in [1.29, 1.82) is 0 Å². The number of carbonyl (C=O) groups excluding carboxylic acids is 2. The molecule has 0 spiro atoms. The molecule has 38 heavy (non-hydrogen) atoms. The Hall–Kier alpha value is -4.38. The van der Waals surface area contributed by atoms with Gasteiger partial charge in [-0.3, -0.25) is 15.0 Å². The molecule has 2 aliphatic heterocycles. The summed E-state index contributed by atoms with van der Waals surface area (Å²) in [6.07, 6.45) is 3.09. The molecule has 4 aromatic rings. The monoisotopic (exact) mass is 532 g/mol. The lowest BCUT2D eigenvalue weighted by molar-refractivity contribution is -0.126. The molecule has 0 saturated carbocycles. The Morgan fingerprint density at radius 3 is 2.63 bits per heavy atom. The van der Waals surface area contributed by atoms with Crippen LogP contribution < -0.4 is 20.1 Å². The number of methoxy groups -OCH3 is 1. The van der Waals surface area contributed by atoms with Crippen LogP contribution in [0.15, 0.2) is 47.7 Å². The summed E-state index contributed by atoms with van der Waals surface area (Å²) in [5, 5.41) is 4.69. The summed E-state index contributed by atoms with van der Waals surface area (Å²) < 4.78 is 5.50. The Balaban J connectivity index is 1.23. The maximum absolute atomic E-state index is 13.5. The van der Waals surface area contributed by atoms with Crippen molar-refractivity contribution in [2.75, 3.05) is 49.9 Å². The quantitative estimate of drug-likeness (QED) is 0.229. The molecule has 6 rings (SSSR count). The van der Waals surface area contributed by atoms with E-state index < -0.39 is 11.7 Å². The summed E-state index contributed by atoms with van der Waals surface area (Å²) in [4.78, 5) is 47.0. The van der Waals surface area contributed by atoms with Gasteiger partial charge in [0.25, 0.3) is 11.7 Å². The third-order valence-electron chi connectivity index (χ3n) is 6.87. The Morgan fingerprint density at radius 1 is 1.11 bits per heavy atom. The van der Waals surface area contributed by atoms with Crippen LogP contribution in [0.2, 0.25) is 5.15 Å². The molecule has 0 radical (unpaired) electrons. The first-order valence-electron chi connectivity index (χ1n) is 12.2. The van der Waals surface area contributed by atoms with Gasteiger partial charge in [-0.15, -0.1) is 0 Å². The normalized spacial score (nSPS) is 15.7. The summed E-state index contributed by atoms with van der Waals surface area (Å²) >= 11 is 6.27. The van der Waals surface area contributed by atoms with E-state index in [-0.39, 0.29) is 5.56 Å². The molecule has 12 heteroatoms. The Labute approximate surface area is 223 Å². The van der Waals surface area contributed by atoms with Gasteiger partial charge in [-0.05, 0) is 18.4 Å². The molecule has 0 bridgehead atoms. The van der Waals surface area contributed by atoms with Gasteiger partial charge in [-0.1, -0.05) is 35.9 Å². The number of benzene rings is 1. The summed E-state index contributed by atoms with van der Waals surface area (Å²) in [7, 11) is 1.51. The number of Topliss-reactive ketones (excluding diaryl/α,β-unsaturated/α-hetero) is 1. The molecule has 2 aliphatic rings. The molecule has 1 amide bonds. The lowest BCUT2D eigenvalue weighted by Crippen LogP contribution is -2.51. The van der Waals surface area contributed by atoms with Crippen LogP contribution in [0.5, 0.6) is 5.75 Å². The Bertz CT molecular complexity index is 1610. The van der Waals surface area contributed by atoms with Crippen LogP contribution >= 0.6 is 11.6 Å². The predicted octanol–water partition coefficient (Wildman–Crippen LogP) is 3.01. The second kappa shape index (κ2) is 9.49. The number of fused-ring (bicyclic) bond motifs is 2. The van der Waals surface area contributed by atoms with Gasteiger partial charge in [0.1, 0.15) is 29.2 Å². The average Bonchev–Trinajstić information content (AvgIpc) is 3.58. The van der Waals surface area contributed by atoms with Crippen molar-refractivity contribution in [3.63, 3.8) is 0 Å². The van der Waals surface area contributed by atoms with Crippen LogP contribution in [0.1, 0.15) is 17.3 Å². The number of hydrogen-bond donors (Lipinski definition) is 2. The van der Waals surface area contributed by atoms with E-state index in [0.717, 1.165) is 22.4 Å². The van der Waals surface area contributed by atoms with Crippen molar-refractivity contribution in [1.82, 2.24) is 25.3 Å². The van der Waals surface area contributed by atoms with Crippen molar-refractivity contribution < 1.29 is 14.3 Å². The highest BCUT2D eigenvalue weighted by atomic mass is 35.5. The molecule has 1 fully saturated rings. The highest BCUT2D eigenvalue weighted by molar-refractivity contribution is 6.45. The van der Waals surface area contributed by atoms with Crippen LogP contribution in [0.3, 0.4) is 0 Å². The molecular formula is C26H25ClN8O3. The molecule has 0 aliphatic carbocycles. The maximum Gasteiger partial charge on any atom is 0.295 e. The van der Waals surface area contributed by atoms with Crippen LogP contribution in [0, 0.1) is 0 Å². The van der Waals surface area contributed by atoms with E-state index in [1.54, 1.807) is 22.3 Å². The number of hydrazine groups is 1. The van der Waals surface area contributed by atoms with Crippen LogP contribution in [0.25, 0.3) is 21.7 Å². The fourth-order valence-corrected chi connectivity index (χ4v) is 5.17. The Kier molecular flexibility index (Phi) is 5.99. The standard InChI is InChI=1S/C26H25ClN8O3/c1-15-30-14-35(32-15)25-22-21(19(38-2)13-29-25)18(12-28-22)23(36)26(37)34-9-7-33(8-10-34)24-17-6-4-3-5-16(17)11-20(27)31-24/h3-6,11-13,28H,7-10,14H2,1-2H3,(H,30,32). The third kappa shape index (κ3) is 4.04. The minimum Gasteiger partial charge on any atom is -0.494 e. The average molecular weight is 533 g/mol. The fourth-order valence-electron chi connectivity index (χ4n) is 4.98. The molecule has 0 atom stereocenters. The van der Waals surface area contributed by atoms with Gasteiger partial charge >= 0.3 is 0 Å². The van der Waals surface area contributed by atoms with Crippen molar-refractivity contribution in [3.8, 4) is 5.75 Å². The smallest absolute Gasteiger partial charge is 0.295 e. The third-order valence-corrected chi connectivity index (χ3v) is 7.06. The summed E-state index contributed by atoms with van der Waals surface area (Å²) in [5.74, 6) is 1.34. The van der Waals surface area contributed by atoms with Crippen molar-refractivity contribution in [2.45, 2.75) is 6.92 Å².